The lowest BCUT2D eigenvalue weighted by molar-refractivity contribution is -0.118. The average Bonchev–Trinajstić information content (AvgIpc) is 3.44. The number of fused-ring (bicyclic) bond motifs is 1. The van der Waals surface area contributed by atoms with Crippen molar-refractivity contribution in [3.63, 3.8) is 0 Å². The Kier molecular flexibility index (Phi) is 4.25. The van der Waals surface area contributed by atoms with Gasteiger partial charge >= 0.3 is 0 Å². The highest BCUT2D eigenvalue weighted by molar-refractivity contribution is 7.08. The van der Waals surface area contributed by atoms with E-state index in [0.717, 1.165) is 22.5 Å². The van der Waals surface area contributed by atoms with Crippen molar-refractivity contribution in [2.75, 3.05) is 4.90 Å². The summed E-state index contributed by atoms with van der Waals surface area (Å²) in [6, 6.07) is 20.2. The third-order valence-corrected chi connectivity index (χ3v) is 5.72. The highest BCUT2D eigenvalue weighted by atomic mass is 32.1. The van der Waals surface area contributed by atoms with Gasteiger partial charge in [0.1, 0.15) is 5.69 Å². The maximum Gasteiger partial charge on any atom is 0.239 e. The summed E-state index contributed by atoms with van der Waals surface area (Å²) in [4.78, 5) is 15.1. The molecule has 0 N–H and O–H groups in total. The van der Waals surface area contributed by atoms with Gasteiger partial charge in [0.25, 0.3) is 0 Å². The molecule has 0 aliphatic carbocycles. The molecule has 2 aromatic carbocycles. The Bertz CT molecular complexity index is 1100. The minimum absolute atomic E-state index is 0.0946. The number of carbonyl (C=O) groups is 1. The van der Waals surface area contributed by atoms with Gasteiger partial charge in [-0.15, -0.1) is 5.10 Å². The number of aromatic nitrogens is 3. The second-order valence-electron chi connectivity index (χ2n) is 6.87. The molecule has 5 rings (SSSR count). The van der Waals surface area contributed by atoms with Gasteiger partial charge in [-0.3, -0.25) is 4.79 Å². The molecule has 1 aliphatic rings. The predicted octanol–water partition coefficient (Wildman–Crippen LogP) is 4.07. The number of thiophene rings is 1. The summed E-state index contributed by atoms with van der Waals surface area (Å²) in [5.74, 6) is -0.140. The van der Waals surface area contributed by atoms with Gasteiger partial charge in [0.15, 0.2) is 0 Å². The Morgan fingerprint density at radius 1 is 0.964 bits per heavy atom. The zero-order valence-electron chi connectivity index (χ0n) is 15.1. The summed E-state index contributed by atoms with van der Waals surface area (Å²) >= 11 is 1.62. The molecular formula is C22H18N4OS. The minimum Gasteiger partial charge on any atom is -0.305 e. The van der Waals surface area contributed by atoms with Crippen LogP contribution in [0.4, 0.5) is 5.69 Å². The number of carbonyl (C=O) groups excluding carboxylic acids is 1. The monoisotopic (exact) mass is 386 g/mol. The van der Waals surface area contributed by atoms with Crippen LogP contribution in [0.3, 0.4) is 0 Å². The van der Waals surface area contributed by atoms with Crippen LogP contribution >= 0.6 is 11.3 Å². The standard InChI is InChI=1S/C22H18N4OS/c27-22-21(17-10-11-28-15-17)19-8-4-5-9-20(19)26(22)14-18-13-25(24-23-18)12-16-6-2-1-3-7-16/h1-11,13,15,21H,12,14H2/t21-/m1/s1. The van der Waals surface area contributed by atoms with Crippen molar-refractivity contribution in [2.24, 2.45) is 0 Å². The lowest BCUT2D eigenvalue weighted by Gasteiger charge is -2.16. The summed E-state index contributed by atoms with van der Waals surface area (Å²) in [6.07, 6.45) is 1.92. The van der Waals surface area contributed by atoms with Crippen LogP contribution in [0.15, 0.2) is 77.6 Å². The molecule has 5 nitrogen and oxygen atoms in total. The van der Waals surface area contributed by atoms with E-state index in [2.05, 4.69) is 27.8 Å². The van der Waals surface area contributed by atoms with E-state index in [1.807, 2.05) is 69.7 Å². The molecule has 4 aromatic rings. The van der Waals surface area contributed by atoms with E-state index in [0.29, 0.717) is 13.1 Å². The van der Waals surface area contributed by atoms with Crippen molar-refractivity contribution in [1.29, 1.82) is 0 Å². The van der Waals surface area contributed by atoms with E-state index >= 15 is 0 Å². The Balaban J connectivity index is 1.40. The number of anilines is 1. The van der Waals surface area contributed by atoms with E-state index in [4.69, 9.17) is 0 Å². The number of amides is 1. The van der Waals surface area contributed by atoms with Gasteiger partial charge in [-0.05, 0) is 39.6 Å². The molecule has 0 saturated carbocycles. The quantitative estimate of drug-likeness (QED) is 0.520. The van der Waals surface area contributed by atoms with Crippen molar-refractivity contribution in [1.82, 2.24) is 15.0 Å². The molecule has 138 valence electrons. The third-order valence-electron chi connectivity index (χ3n) is 5.02. The SMILES string of the molecule is O=C1[C@H](c2ccsc2)c2ccccc2N1Cc1cn(Cc2ccccc2)nn1. The number of rotatable bonds is 5. The molecule has 28 heavy (non-hydrogen) atoms. The molecule has 6 heteroatoms. The zero-order valence-corrected chi connectivity index (χ0v) is 15.9. The summed E-state index contributed by atoms with van der Waals surface area (Å²) in [5, 5.41) is 12.6. The van der Waals surface area contributed by atoms with Crippen molar-refractivity contribution >= 4 is 22.9 Å². The molecule has 0 bridgehead atoms. The fraction of sp³-hybridized carbons (Fsp3) is 0.136. The summed E-state index contributed by atoms with van der Waals surface area (Å²) < 4.78 is 1.81. The third kappa shape index (κ3) is 3.01. The second-order valence-corrected chi connectivity index (χ2v) is 7.65. The van der Waals surface area contributed by atoms with Crippen molar-refractivity contribution in [3.05, 3.63) is 100 Å². The van der Waals surface area contributed by atoms with Gasteiger partial charge in [0.2, 0.25) is 5.91 Å². The summed E-state index contributed by atoms with van der Waals surface area (Å²) in [5.41, 5.74) is 5.02. The van der Waals surface area contributed by atoms with Crippen LogP contribution in [0.25, 0.3) is 0 Å². The van der Waals surface area contributed by atoms with E-state index in [-0.39, 0.29) is 11.8 Å². The Morgan fingerprint density at radius 3 is 2.61 bits per heavy atom. The molecule has 0 radical (unpaired) electrons. The highest BCUT2D eigenvalue weighted by Crippen LogP contribution is 2.42. The maximum atomic E-state index is 13.2. The van der Waals surface area contributed by atoms with Crippen LogP contribution in [0.5, 0.6) is 0 Å². The molecule has 0 spiro atoms. The van der Waals surface area contributed by atoms with Gasteiger partial charge in [-0.2, -0.15) is 11.3 Å². The molecule has 0 saturated heterocycles. The van der Waals surface area contributed by atoms with Crippen molar-refractivity contribution < 1.29 is 4.79 Å². The number of hydrogen-bond donors (Lipinski definition) is 0. The van der Waals surface area contributed by atoms with Crippen LogP contribution in [0.1, 0.15) is 28.3 Å². The molecule has 1 atom stereocenters. The number of nitrogens with zero attached hydrogens (tertiary/aromatic N) is 4. The molecule has 1 aliphatic heterocycles. The molecular weight excluding hydrogens is 368 g/mol. The predicted molar refractivity (Wildman–Crippen MR) is 109 cm³/mol. The summed E-state index contributed by atoms with van der Waals surface area (Å²) in [6.45, 7) is 1.08. The minimum atomic E-state index is -0.234. The van der Waals surface area contributed by atoms with Gasteiger partial charge in [-0.25, -0.2) is 4.68 Å². The van der Waals surface area contributed by atoms with Gasteiger partial charge in [0, 0.05) is 5.69 Å². The van der Waals surface area contributed by atoms with E-state index < -0.39 is 0 Å². The fourth-order valence-corrected chi connectivity index (χ4v) is 4.42. The highest BCUT2D eigenvalue weighted by Gasteiger charge is 2.38. The van der Waals surface area contributed by atoms with E-state index in [1.54, 1.807) is 11.3 Å². The Labute approximate surface area is 166 Å². The topological polar surface area (TPSA) is 51.0 Å². The zero-order chi connectivity index (χ0) is 18.9. The number of para-hydroxylation sites is 1. The van der Waals surface area contributed by atoms with Crippen LogP contribution in [-0.4, -0.2) is 20.9 Å². The maximum absolute atomic E-state index is 13.2. The molecule has 0 unspecified atom stereocenters. The number of hydrogen-bond acceptors (Lipinski definition) is 4. The molecule has 1 amide bonds. The molecule has 3 heterocycles. The first kappa shape index (κ1) is 16.9. The summed E-state index contributed by atoms with van der Waals surface area (Å²) in [7, 11) is 0. The van der Waals surface area contributed by atoms with Crippen molar-refractivity contribution in [2.45, 2.75) is 19.0 Å². The van der Waals surface area contributed by atoms with E-state index in [1.165, 1.54) is 5.56 Å². The average molecular weight is 386 g/mol. The lowest BCUT2D eigenvalue weighted by Crippen LogP contribution is -2.28. The fourth-order valence-electron chi connectivity index (χ4n) is 3.73. The normalized spacial score (nSPS) is 15.8. The van der Waals surface area contributed by atoms with E-state index in [9.17, 15) is 4.79 Å². The van der Waals surface area contributed by atoms with Crippen LogP contribution < -0.4 is 4.90 Å². The smallest absolute Gasteiger partial charge is 0.239 e. The van der Waals surface area contributed by atoms with Gasteiger partial charge in [0.05, 0.1) is 25.2 Å². The lowest BCUT2D eigenvalue weighted by atomic mass is 9.95. The Morgan fingerprint density at radius 2 is 1.79 bits per heavy atom. The van der Waals surface area contributed by atoms with Crippen LogP contribution in [0, 0.1) is 0 Å². The first-order chi connectivity index (χ1) is 13.8. The first-order valence-electron chi connectivity index (χ1n) is 9.15. The first-order valence-corrected chi connectivity index (χ1v) is 10.1. The van der Waals surface area contributed by atoms with Gasteiger partial charge in [-0.1, -0.05) is 53.7 Å². The molecule has 2 aromatic heterocycles. The van der Waals surface area contributed by atoms with Gasteiger partial charge < -0.3 is 4.90 Å². The van der Waals surface area contributed by atoms with Crippen molar-refractivity contribution in [3.8, 4) is 0 Å². The molecule has 0 fully saturated rings. The number of benzene rings is 2. The largest absolute Gasteiger partial charge is 0.305 e. The Hall–Kier alpha value is -3.25. The van der Waals surface area contributed by atoms with Crippen LogP contribution in [0.2, 0.25) is 0 Å². The second kappa shape index (κ2) is 7.05. The van der Waals surface area contributed by atoms with Crippen LogP contribution in [-0.2, 0) is 17.9 Å².